The molecule has 0 saturated heterocycles. The summed E-state index contributed by atoms with van der Waals surface area (Å²) in [4.78, 5) is 13.4. The number of para-hydroxylation sites is 1. The van der Waals surface area contributed by atoms with Gasteiger partial charge >= 0.3 is 0 Å². The van der Waals surface area contributed by atoms with Gasteiger partial charge in [-0.2, -0.15) is 0 Å². The van der Waals surface area contributed by atoms with Crippen LogP contribution in [0.4, 0.5) is 0 Å². The third-order valence-electron chi connectivity index (χ3n) is 3.10. The van der Waals surface area contributed by atoms with E-state index in [2.05, 4.69) is 5.32 Å². The molecule has 0 aliphatic carbocycles. The van der Waals surface area contributed by atoms with Gasteiger partial charge in [-0.3, -0.25) is 9.69 Å². The van der Waals surface area contributed by atoms with E-state index in [9.17, 15) is 4.79 Å². The van der Waals surface area contributed by atoms with Gasteiger partial charge in [-0.05, 0) is 20.0 Å². The lowest BCUT2D eigenvalue weighted by molar-refractivity contribution is -0.122. The van der Waals surface area contributed by atoms with E-state index in [4.69, 9.17) is 10.5 Å². The number of methoxy groups -OCH3 is 1. The highest BCUT2D eigenvalue weighted by Gasteiger charge is 2.25. The van der Waals surface area contributed by atoms with Crippen LogP contribution in [-0.2, 0) is 4.79 Å². The van der Waals surface area contributed by atoms with E-state index in [-0.39, 0.29) is 18.0 Å². The zero-order chi connectivity index (χ0) is 14.4. The second-order valence-electron chi connectivity index (χ2n) is 4.63. The summed E-state index contributed by atoms with van der Waals surface area (Å²) < 4.78 is 5.38. The van der Waals surface area contributed by atoms with Gasteiger partial charge in [0.25, 0.3) is 0 Å². The Bertz CT molecular complexity index is 421. The second kappa shape index (κ2) is 7.11. The molecule has 2 unspecified atom stereocenters. The number of likely N-dealkylation sites (N-methyl/N-ethyl adjacent to an activating group) is 2. The molecular weight excluding hydrogens is 242 g/mol. The fourth-order valence-corrected chi connectivity index (χ4v) is 2.24. The highest BCUT2D eigenvalue weighted by molar-refractivity contribution is 5.77. The van der Waals surface area contributed by atoms with Crippen LogP contribution >= 0.6 is 0 Å². The molecule has 1 aromatic rings. The molecule has 1 aromatic carbocycles. The lowest BCUT2D eigenvalue weighted by Gasteiger charge is -2.31. The third-order valence-corrected chi connectivity index (χ3v) is 3.10. The summed E-state index contributed by atoms with van der Waals surface area (Å²) in [6, 6.07) is 7.55. The maximum atomic E-state index is 11.5. The average Bonchev–Trinajstić information content (AvgIpc) is 2.38. The van der Waals surface area contributed by atoms with Gasteiger partial charge in [0.1, 0.15) is 5.75 Å². The molecular formula is C14H23N3O2. The Labute approximate surface area is 114 Å². The van der Waals surface area contributed by atoms with Gasteiger partial charge in [-0.1, -0.05) is 18.2 Å². The van der Waals surface area contributed by atoms with Crippen LogP contribution in [0, 0.1) is 0 Å². The molecule has 0 aliphatic heterocycles. The number of carbonyl (C=O) groups excluding carboxylic acids is 1. The molecule has 3 N–H and O–H groups in total. The zero-order valence-electron chi connectivity index (χ0n) is 12.0. The minimum absolute atomic E-state index is 0.0388. The highest BCUT2D eigenvalue weighted by Crippen LogP contribution is 2.30. The topological polar surface area (TPSA) is 67.6 Å². The fourth-order valence-electron chi connectivity index (χ4n) is 2.24. The number of benzene rings is 1. The smallest absolute Gasteiger partial charge is 0.233 e. The minimum Gasteiger partial charge on any atom is -0.496 e. The molecule has 19 heavy (non-hydrogen) atoms. The molecule has 106 valence electrons. The van der Waals surface area contributed by atoms with Gasteiger partial charge in [-0.25, -0.2) is 0 Å². The summed E-state index contributed by atoms with van der Waals surface area (Å²) in [5.74, 6) is 0.747. The SMILES string of the molecule is CNC(=O)CN(C)C(c1ccccc1OC)C(C)N. The van der Waals surface area contributed by atoms with Crippen molar-refractivity contribution in [2.75, 3.05) is 27.7 Å². The molecule has 5 nitrogen and oxygen atoms in total. The number of amides is 1. The molecule has 0 bridgehead atoms. The maximum Gasteiger partial charge on any atom is 0.233 e. The summed E-state index contributed by atoms with van der Waals surface area (Å²) in [5, 5.41) is 2.62. The van der Waals surface area contributed by atoms with Crippen LogP contribution in [0.5, 0.6) is 5.75 Å². The lowest BCUT2D eigenvalue weighted by Crippen LogP contribution is -2.42. The highest BCUT2D eigenvalue weighted by atomic mass is 16.5. The van der Waals surface area contributed by atoms with E-state index >= 15 is 0 Å². The van der Waals surface area contributed by atoms with Crippen molar-refractivity contribution in [1.82, 2.24) is 10.2 Å². The van der Waals surface area contributed by atoms with E-state index in [1.54, 1.807) is 14.2 Å². The van der Waals surface area contributed by atoms with Gasteiger partial charge in [0, 0.05) is 18.7 Å². The van der Waals surface area contributed by atoms with E-state index in [1.165, 1.54) is 0 Å². The van der Waals surface area contributed by atoms with Crippen LogP contribution in [0.3, 0.4) is 0 Å². The first-order chi connectivity index (χ1) is 9.01. The molecule has 5 heteroatoms. The predicted octanol–water partition coefficient (Wildman–Crippen LogP) is 0.761. The standard InChI is InChI=1S/C14H23N3O2/c1-10(15)14(17(3)9-13(18)16-2)11-7-5-6-8-12(11)19-4/h5-8,10,14H,9,15H2,1-4H3,(H,16,18). The Balaban J connectivity index is 3.03. The molecule has 1 rings (SSSR count). The van der Waals surface area contributed by atoms with Crippen molar-refractivity contribution in [2.45, 2.75) is 19.0 Å². The number of ether oxygens (including phenoxy) is 1. The number of rotatable bonds is 6. The molecule has 1 amide bonds. The summed E-state index contributed by atoms with van der Waals surface area (Å²) >= 11 is 0. The van der Waals surface area contributed by atoms with E-state index in [0.29, 0.717) is 6.54 Å². The first kappa shape index (κ1) is 15.5. The lowest BCUT2D eigenvalue weighted by atomic mass is 9.98. The Hall–Kier alpha value is -1.59. The largest absolute Gasteiger partial charge is 0.496 e. The summed E-state index contributed by atoms with van der Waals surface area (Å²) in [7, 11) is 5.14. The van der Waals surface area contributed by atoms with Crippen LogP contribution in [0.2, 0.25) is 0 Å². The van der Waals surface area contributed by atoms with Crippen molar-refractivity contribution in [3.8, 4) is 5.75 Å². The summed E-state index contributed by atoms with van der Waals surface area (Å²) in [6.07, 6.45) is 0. The molecule has 0 spiro atoms. The second-order valence-corrected chi connectivity index (χ2v) is 4.63. The first-order valence-electron chi connectivity index (χ1n) is 6.30. The van der Waals surface area contributed by atoms with Gasteiger partial charge in [0.2, 0.25) is 5.91 Å². The van der Waals surface area contributed by atoms with Crippen molar-refractivity contribution >= 4 is 5.91 Å². The number of carbonyl (C=O) groups is 1. The summed E-state index contributed by atoms with van der Waals surface area (Å²) in [5.41, 5.74) is 7.07. The Morgan fingerprint density at radius 3 is 2.63 bits per heavy atom. The normalized spacial score (nSPS) is 14.0. The quantitative estimate of drug-likeness (QED) is 0.797. The maximum absolute atomic E-state index is 11.5. The van der Waals surface area contributed by atoms with E-state index in [1.807, 2.05) is 43.1 Å². The number of nitrogens with zero attached hydrogens (tertiary/aromatic N) is 1. The zero-order valence-corrected chi connectivity index (χ0v) is 12.0. The molecule has 2 atom stereocenters. The molecule has 0 aromatic heterocycles. The van der Waals surface area contributed by atoms with E-state index < -0.39 is 0 Å². The average molecular weight is 265 g/mol. The number of hydrogen-bond donors (Lipinski definition) is 2. The molecule has 0 heterocycles. The first-order valence-corrected chi connectivity index (χ1v) is 6.30. The van der Waals surface area contributed by atoms with Crippen LogP contribution in [0.1, 0.15) is 18.5 Å². The van der Waals surface area contributed by atoms with Crippen molar-refractivity contribution < 1.29 is 9.53 Å². The van der Waals surface area contributed by atoms with Gasteiger partial charge < -0.3 is 15.8 Å². The van der Waals surface area contributed by atoms with Gasteiger partial charge in [0.15, 0.2) is 0 Å². The number of nitrogens with one attached hydrogen (secondary N) is 1. The van der Waals surface area contributed by atoms with Crippen molar-refractivity contribution in [1.29, 1.82) is 0 Å². The van der Waals surface area contributed by atoms with E-state index in [0.717, 1.165) is 11.3 Å². The van der Waals surface area contributed by atoms with Gasteiger partial charge in [0.05, 0.1) is 19.7 Å². The van der Waals surface area contributed by atoms with Gasteiger partial charge in [-0.15, -0.1) is 0 Å². The summed E-state index contributed by atoms with van der Waals surface area (Å²) in [6.45, 7) is 2.22. The monoisotopic (exact) mass is 265 g/mol. The third kappa shape index (κ3) is 3.94. The van der Waals surface area contributed by atoms with Crippen molar-refractivity contribution in [3.05, 3.63) is 29.8 Å². The Morgan fingerprint density at radius 2 is 2.11 bits per heavy atom. The molecule has 0 aliphatic rings. The number of hydrogen-bond acceptors (Lipinski definition) is 4. The molecule has 0 fully saturated rings. The molecule has 0 radical (unpaired) electrons. The van der Waals surface area contributed by atoms with Crippen LogP contribution in [0.15, 0.2) is 24.3 Å². The predicted molar refractivity (Wildman–Crippen MR) is 76.1 cm³/mol. The number of nitrogens with two attached hydrogens (primary N) is 1. The minimum atomic E-state index is -0.119. The van der Waals surface area contributed by atoms with Crippen LogP contribution < -0.4 is 15.8 Å². The van der Waals surface area contributed by atoms with Crippen LogP contribution in [0.25, 0.3) is 0 Å². The fraction of sp³-hybridized carbons (Fsp3) is 0.500. The van der Waals surface area contributed by atoms with Crippen LogP contribution in [-0.4, -0.2) is 44.6 Å². The Kier molecular flexibility index (Phi) is 5.79. The van der Waals surface area contributed by atoms with Crippen molar-refractivity contribution in [3.63, 3.8) is 0 Å². The van der Waals surface area contributed by atoms with Crippen molar-refractivity contribution in [2.24, 2.45) is 5.73 Å². The molecule has 0 saturated carbocycles. The Morgan fingerprint density at radius 1 is 1.47 bits per heavy atom.